The molecule has 3 heterocycles. The van der Waals surface area contributed by atoms with Gasteiger partial charge in [0.05, 0.1) is 12.5 Å². The number of carbonyl (C=O) groups excluding carboxylic acids is 1. The lowest BCUT2D eigenvalue weighted by atomic mass is 9.93. The van der Waals surface area contributed by atoms with Gasteiger partial charge < -0.3 is 5.32 Å². The second kappa shape index (κ2) is 6.69. The van der Waals surface area contributed by atoms with Crippen molar-refractivity contribution in [3.05, 3.63) is 57.8 Å². The van der Waals surface area contributed by atoms with E-state index < -0.39 is 0 Å². The van der Waals surface area contributed by atoms with Gasteiger partial charge in [0.15, 0.2) is 0 Å². The van der Waals surface area contributed by atoms with Gasteiger partial charge in [-0.3, -0.25) is 9.69 Å². The van der Waals surface area contributed by atoms with Crippen LogP contribution in [-0.4, -0.2) is 23.4 Å². The Morgan fingerprint density at radius 2 is 2.08 bits per heavy atom. The van der Waals surface area contributed by atoms with Gasteiger partial charge in [0.25, 0.3) is 0 Å². The fourth-order valence-electron chi connectivity index (χ4n) is 4.34. The molecule has 24 heavy (non-hydrogen) atoms. The average Bonchev–Trinajstić information content (AvgIpc) is 3.29. The maximum absolute atomic E-state index is 12.8. The Balaban J connectivity index is 1.46. The molecule has 126 valence electrons. The third kappa shape index (κ3) is 3.01. The van der Waals surface area contributed by atoms with Crippen LogP contribution in [0.2, 0.25) is 0 Å². The van der Waals surface area contributed by atoms with Crippen LogP contribution in [0.1, 0.15) is 40.6 Å². The van der Waals surface area contributed by atoms with E-state index in [0.717, 1.165) is 19.4 Å². The van der Waals surface area contributed by atoms with Gasteiger partial charge in [-0.25, -0.2) is 0 Å². The van der Waals surface area contributed by atoms with Crippen molar-refractivity contribution in [3.8, 4) is 0 Å². The van der Waals surface area contributed by atoms with Crippen LogP contribution in [0.15, 0.2) is 42.5 Å². The molecular weight excluding hydrogens is 316 g/mol. The number of benzene rings is 1. The van der Waals surface area contributed by atoms with E-state index in [2.05, 4.69) is 59.6 Å². The Kier molecular flexibility index (Phi) is 4.42. The summed E-state index contributed by atoms with van der Waals surface area (Å²) in [6, 6.07) is 15.7. The summed E-state index contributed by atoms with van der Waals surface area (Å²) in [5, 5.41) is 3.18. The van der Waals surface area contributed by atoms with E-state index in [4.69, 9.17) is 0 Å². The quantitative estimate of drug-likeness (QED) is 0.915. The standard InChI is InChI=1S/C20H24N2OS/c1-14-9-10-16(24-14)13-21-20(23)17-12-19(15-6-3-2-4-7-15)22-11-5-8-18(17)22/h2-4,6-7,9-10,17-19H,5,8,11-13H2,1H3,(H,21,23)/t17-,18+,19-/m1/s1. The second-order valence-corrected chi connectivity index (χ2v) is 8.32. The summed E-state index contributed by atoms with van der Waals surface area (Å²) in [7, 11) is 0. The largest absolute Gasteiger partial charge is 0.351 e. The van der Waals surface area contributed by atoms with Crippen molar-refractivity contribution >= 4 is 17.2 Å². The molecule has 0 saturated carbocycles. The van der Waals surface area contributed by atoms with E-state index in [1.165, 1.54) is 21.7 Å². The van der Waals surface area contributed by atoms with Crippen LogP contribution in [0.4, 0.5) is 0 Å². The highest BCUT2D eigenvalue weighted by atomic mass is 32.1. The Labute approximate surface area is 147 Å². The number of nitrogens with zero attached hydrogens (tertiary/aromatic N) is 1. The van der Waals surface area contributed by atoms with Crippen molar-refractivity contribution in [3.63, 3.8) is 0 Å². The van der Waals surface area contributed by atoms with Crippen molar-refractivity contribution in [2.75, 3.05) is 6.54 Å². The van der Waals surface area contributed by atoms with Gasteiger partial charge in [0.1, 0.15) is 0 Å². The van der Waals surface area contributed by atoms with Crippen LogP contribution < -0.4 is 5.32 Å². The monoisotopic (exact) mass is 340 g/mol. The summed E-state index contributed by atoms with van der Waals surface area (Å²) in [5.41, 5.74) is 1.36. The maximum Gasteiger partial charge on any atom is 0.225 e. The van der Waals surface area contributed by atoms with Gasteiger partial charge in [0, 0.05) is 21.8 Å². The molecule has 4 rings (SSSR count). The molecule has 3 nitrogen and oxygen atoms in total. The molecule has 2 aromatic rings. The zero-order chi connectivity index (χ0) is 16.5. The normalized spacial score (nSPS) is 26.5. The first-order valence-corrected chi connectivity index (χ1v) is 9.68. The third-order valence-corrected chi connectivity index (χ3v) is 6.44. The van der Waals surface area contributed by atoms with E-state index in [1.807, 2.05) is 0 Å². The number of thiophene rings is 1. The predicted molar refractivity (Wildman–Crippen MR) is 97.9 cm³/mol. The Morgan fingerprint density at radius 3 is 2.83 bits per heavy atom. The topological polar surface area (TPSA) is 32.3 Å². The molecule has 2 saturated heterocycles. The Morgan fingerprint density at radius 1 is 1.25 bits per heavy atom. The summed E-state index contributed by atoms with van der Waals surface area (Å²) in [4.78, 5) is 17.9. The van der Waals surface area contributed by atoms with E-state index >= 15 is 0 Å². The number of aryl methyl sites for hydroxylation is 1. The third-order valence-electron chi connectivity index (χ3n) is 5.44. The smallest absolute Gasteiger partial charge is 0.225 e. The molecule has 3 atom stereocenters. The first kappa shape index (κ1) is 15.9. The zero-order valence-electron chi connectivity index (χ0n) is 14.1. The minimum absolute atomic E-state index is 0.124. The molecule has 0 radical (unpaired) electrons. The van der Waals surface area contributed by atoms with Crippen LogP contribution in [0.3, 0.4) is 0 Å². The lowest BCUT2D eigenvalue weighted by Crippen LogP contribution is -2.37. The Bertz CT molecular complexity index is 711. The molecule has 0 spiro atoms. The lowest BCUT2D eigenvalue weighted by Gasteiger charge is -2.24. The summed E-state index contributed by atoms with van der Waals surface area (Å²) in [6.45, 7) is 3.89. The van der Waals surface area contributed by atoms with Gasteiger partial charge in [-0.15, -0.1) is 11.3 Å². The Hall–Kier alpha value is -1.65. The van der Waals surface area contributed by atoms with Crippen LogP contribution in [-0.2, 0) is 11.3 Å². The molecule has 2 fully saturated rings. The summed E-state index contributed by atoms with van der Waals surface area (Å²) < 4.78 is 0. The molecule has 1 aromatic heterocycles. The minimum Gasteiger partial charge on any atom is -0.351 e. The number of hydrogen-bond acceptors (Lipinski definition) is 3. The minimum atomic E-state index is 0.124. The molecule has 0 aliphatic carbocycles. The molecular formula is C20H24N2OS. The fourth-order valence-corrected chi connectivity index (χ4v) is 5.17. The first-order valence-electron chi connectivity index (χ1n) is 8.86. The van der Waals surface area contributed by atoms with Crippen LogP contribution in [0.25, 0.3) is 0 Å². The second-order valence-electron chi connectivity index (χ2n) is 6.95. The fraction of sp³-hybridized carbons (Fsp3) is 0.450. The molecule has 4 heteroatoms. The van der Waals surface area contributed by atoms with Gasteiger partial charge >= 0.3 is 0 Å². The number of nitrogens with one attached hydrogen (secondary N) is 1. The van der Waals surface area contributed by atoms with E-state index in [0.29, 0.717) is 18.6 Å². The van der Waals surface area contributed by atoms with Crippen molar-refractivity contribution in [1.82, 2.24) is 10.2 Å². The van der Waals surface area contributed by atoms with E-state index in [-0.39, 0.29) is 11.8 Å². The average molecular weight is 340 g/mol. The summed E-state index contributed by atoms with van der Waals surface area (Å²) in [5.74, 6) is 0.357. The van der Waals surface area contributed by atoms with Gasteiger partial charge in [-0.1, -0.05) is 30.3 Å². The SMILES string of the molecule is Cc1ccc(CNC(=O)[C@@H]2C[C@H](c3ccccc3)N3CCC[C@@H]23)s1. The highest BCUT2D eigenvalue weighted by Crippen LogP contribution is 2.44. The maximum atomic E-state index is 12.8. The van der Waals surface area contributed by atoms with Crippen LogP contribution in [0.5, 0.6) is 0 Å². The number of carbonyl (C=O) groups is 1. The van der Waals surface area contributed by atoms with E-state index in [1.54, 1.807) is 11.3 Å². The molecule has 0 unspecified atom stereocenters. The molecule has 1 amide bonds. The van der Waals surface area contributed by atoms with Crippen molar-refractivity contribution in [1.29, 1.82) is 0 Å². The number of fused-ring (bicyclic) bond motifs is 1. The summed E-state index contributed by atoms with van der Waals surface area (Å²) in [6.07, 6.45) is 3.31. The van der Waals surface area contributed by atoms with Crippen LogP contribution >= 0.6 is 11.3 Å². The highest BCUT2D eigenvalue weighted by molar-refractivity contribution is 7.11. The first-order chi connectivity index (χ1) is 11.7. The molecule has 1 N–H and O–H groups in total. The van der Waals surface area contributed by atoms with Crippen molar-refractivity contribution < 1.29 is 4.79 Å². The predicted octanol–water partition coefficient (Wildman–Crippen LogP) is 3.90. The van der Waals surface area contributed by atoms with E-state index in [9.17, 15) is 4.79 Å². The molecule has 0 bridgehead atoms. The molecule has 1 aromatic carbocycles. The molecule has 2 aliphatic rings. The zero-order valence-corrected chi connectivity index (χ0v) is 14.9. The van der Waals surface area contributed by atoms with Crippen molar-refractivity contribution in [2.24, 2.45) is 5.92 Å². The summed E-state index contributed by atoms with van der Waals surface area (Å²) >= 11 is 1.76. The van der Waals surface area contributed by atoms with Gasteiger partial charge in [-0.05, 0) is 50.4 Å². The highest BCUT2D eigenvalue weighted by Gasteiger charge is 2.46. The molecule has 2 aliphatic heterocycles. The van der Waals surface area contributed by atoms with Gasteiger partial charge in [0.2, 0.25) is 5.91 Å². The number of rotatable bonds is 4. The van der Waals surface area contributed by atoms with Gasteiger partial charge in [-0.2, -0.15) is 0 Å². The van der Waals surface area contributed by atoms with Crippen LogP contribution in [0, 0.1) is 12.8 Å². The number of hydrogen-bond donors (Lipinski definition) is 1. The number of amides is 1. The van der Waals surface area contributed by atoms with Crippen molar-refractivity contribution in [2.45, 2.75) is 44.8 Å². The lowest BCUT2D eigenvalue weighted by molar-refractivity contribution is -0.125.